The van der Waals surface area contributed by atoms with Gasteiger partial charge in [-0.25, -0.2) is 0 Å². The fraction of sp³-hybridized carbons (Fsp3) is 0.154. The molecule has 1 heterocycles. The number of hydrogen-bond donors (Lipinski definition) is 1. The first-order chi connectivity index (χ1) is 8.69. The molecule has 94 valence electrons. The predicted molar refractivity (Wildman–Crippen MR) is 76.3 cm³/mol. The van der Waals surface area contributed by atoms with Crippen molar-refractivity contribution in [1.82, 2.24) is 4.98 Å². The lowest BCUT2D eigenvalue weighted by Gasteiger charge is -2.09. The summed E-state index contributed by atoms with van der Waals surface area (Å²) in [5.41, 5.74) is 1.83. The second-order valence-corrected chi connectivity index (χ2v) is 5.49. The molecule has 2 rings (SSSR count). The Morgan fingerprint density at radius 3 is 2.61 bits per heavy atom. The standard InChI is InChI=1S/C13H11Br2NO2/c14-11-3-10(5-16-6-11)8-18-13-2-1-9(7-17)4-12(13)15/h1-6,17H,7-8H2. The van der Waals surface area contributed by atoms with E-state index in [-0.39, 0.29) is 6.61 Å². The topological polar surface area (TPSA) is 42.4 Å². The Bertz CT molecular complexity index is 546. The molecule has 0 aliphatic heterocycles. The number of aliphatic hydroxyl groups excluding tert-OH is 1. The van der Waals surface area contributed by atoms with Crippen molar-refractivity contribution in [2.45, 2.75) is 13.2 Å². The monoisotopic (exact) mass is 371 g/mol. The van der Waals surface area contributed by atoms with Crippen molar-refractivity contribution in [3.63, 3.8) is 0 Å². The molecule has 1 aromatic carbocycles. The number of pyridine rings is 1. The fourth-order valence-corrected chi connectivity index (χ4v) is 2.41. The number of aromatic nitrogens is 1. The number of halogens is 2. The Morgan fingerprint density at radius 2 is 1.94 bits per heavy atom. The summed E-state index contributed by atoms with van der Waals surface area (Å²) in [6.45, 7) is 0.470. The maximum atomic E-state index is 9.02. The number of hydrogen-bond acceptors (Lipinski definition) is 3. The smallest absolute Gasteiger partial charge is 0.134 e. The molecule has 0 saturated carbocycles. The molecule has 18 heavy (non-hydrogen) atoms. The molecule has 0 unspecified atom stereocenters. The van der Waals surface area contributed by atoms with Crippen LogP contribution in [0.5, 0.6) is 5.75 Å². The van der Waals surface area contributed by atoms with Crippen molar-refractivity contribution in [3.8, 4) is 5.75 Å². The third kappa shape index (κ3) is 3.54. The highest BCUT2D eigenvalue weighted by atomic mass is 79.9. The van der Waals surface area contributed by atoms with Crippen molar-refractivity contribution >= 4 is 31.9 Å². The Kier molecular flexibility index (Phi) is 4.74. The van der Waals surface area contributed by atoms with E-state index >= 15 is 0 Å². The van der Waals surface area contributed by atoms with Gasteiger partial charge in [0.05, 0.1) is 11.1 Å². The van der Waals surface area contributed by atoms with Gasteiger partial charge in [-0.15, -0.1) is 0 Å². The van der Waals surface area contributed by atoms with Crippen LogP contribution in [-0.2, 0) is 13.2 Å². The van der Waals surface area contributed by atoms with Gasteiger partial charge in [0, 0.05) is 22.4 Å². The molecule has 0 aliphatic carbocycles. The molecular formula is C13H11Br2NO2. The minimum Gasteiger partial charge on any atom is -0.488 e. The van der Waals surface area contributed by atoms with Gasteiger partial charge in [0.25, 0.3) is 0 Å². The highest BCUT2D eigenvalue weighted by Gasteiger charge is 2.03. The molecule has 2 aromatic rings. The lowest BCUT2D eigenvalue weighted by Crippen LogP contribution is -1.97. The van der Waals surface area contributed by atoms with Gasteiger partial charge in [-0.3, -0.25) is 4.98 Å². The molecular weight excluding hydrogens is 362 g/mol. The summed E-state index contributed by atoms with van der Waals surface area (Å²) in [5.74, 6) is 0.743. The van der Waals surface area contributed by atoms with Crippen LogP contribution in [0, 0.1) is 0 Å². The highest BCUT2D eigenvalue weighted by molar-refractivity contribution is 9.10. The van der Waals surface area contributed by atoms with Crippen LogP contribution in [0.3, 0.4) is 0 Å². The van der Waals surface area contributed by atoms with E-state index in [1.807, 2.05) is 24.3 Å². The van der Waals surface area contributed by atoms with Gasteiger partial charge in [-0.2, -0.15) is 0 Å². The molecule has 3 nitrogen and oxygen atoms in total. The normalized spacial score (nSPS) is 10.4. The minimum atomic E-state index is 0.0223. The predicted octanol–water partition coefficient (Wildman–Crippen LogP) is 3.68. The number of rotatable bonds is 4. The molecule has 0 amide bonds. The van der Waals surface area contributed by atoms with Gasteiger partial charge in [0.1, 0.15) is 12.4 Å². The molecule has 1 N–H and O–H groups in total. The summed E-state index contributed by atoms with van der Waals surface area (Å²) in [6.07, 6.45) is 3.50. The van der Waals surface area contributed by atoms with Crippen LogP contribution in [0.1, 0.15) is 11.1 Å². The first kappa shape index (κ1) is 13.5. The third-order valence-electron chi connectivity index (χ3n) is 2.33. The Balaban J connectivity index is 2.06. The van der Waals surface area contributed by atoms with Crippen LogP contribution in [0.2, 0.25) is 0 Å². The molecule has 0 aliphatic rings. The lowest BCUT2D eigenvalue weighted by atomic mass is 10.2. The number of benzene rings is 1. The zero-order valence-electron chi connectivity index (χ0n) is 9.44. The van der Waals surface area contributed by atoms with Gasteiger partial charge < -0.3 is 9.84 Å². The SMILES string of the molecule is OCc1ccc(OCc2cncc(Br)c2)c(Br)c1. The van der Waals surface area contributed by atoms with Crippen LogP contribution in [0.25, 0.3) is 0 Å². The Hall–Kier alpha value is -0.910. The number of nitrogens with zero attached hydrogens (tertiary/aromatic N) is 1. The van der Waals surface area contributed by atoms with Crippen LogP contribution >= 0.6 is 31.9 Å². The molecule has 0 atom stereocenters. The van der Waals surface area contributed by atoms with E-state index in [4.69, 9.17) is 9.84 Å². The van der Waals surface area contributed by atoms with E-state index in [9.17, 15) is 0 Å². The molecule has 0 saturated heterocycles. The fourth-order valence-electron chi connectivity index (χ4n) is 1.46. The Morgan fingerprint density at radius 1 is 1.11 bits per heavy atom. The van der Waals surface area contributed by atoms with E-state index < -0.39 is 0 Å². The summed E-state index contributed by atoms with van der Waals surface area (Å²) >= 11 is 6.78. The second kappa shape index (κ2) is 6.31. The highest BCUT2D eigenvalue weighted by Crippen LogP contribution is 2.27. The van der Waals surface area contributed by atoms with Gasteiger partial charge in [-0.05, 0) is 55.6 Å². The molecule has 5 heteroatoms. The molecule has 0 bridgehead atoms. The van der Waals surface area contributed by atoms with Crippen LogP contribution in [0.15, 0.2) is 45.6 Å². The van der Waals surface area contributed by atoms with Gasteiger partial charge in [-0.1, -0.05) is 6.07 Å². The summed E-state index contributed by atoms with van der Waals surface area (Å²) in [5, 5.41) is 9.02. The minimum absolute atomic E-state index is 0.0223. The molecule has 0 spiro atoms. The van der Waals surface area contributed by atoms with Crippen molar-refractivity contribution in [1.29, 1.82) is 0 Å². The average molecular weight is 373 g/mol. The van der Waals surface area contributed by atoms with Crippen LogP contribution in [0.4, 0.5) is 0 Å². The summed E-state index contributed by atoms with van der Waals surface area (Å²) in [4.78, 5) is 4.07. The molecule has 0 fully saturated rings. The van der Waals surface area contributed by atoms with E-state index in [1.165, 1.54) is 0 Å². The van der Waals surface area contributed by atoms with E-state index in [1.54, 1.807) is 12.4 Å². The summed E-state index contributed by atoms with van der Waals surface area (Å²) < 4.78 is 7.45. The average Bonchev–Trinajstić information content (AvgIpc) is 2.37. The summed E-state index contributed by atoms with van der Waals surface area (Å²) in [7, 11) is 0. The van der Waals surface area contributed by atoms with Crippen molar-refractivity contribution in [3.05, 3.63) is 56.7 Å². The van der Waals surface area contributed by atoms with Crippen LogP contribution < -0.4 is 4.74 Å². The number of ether oxygens (including phenoxy) is 1. The second-order valence-electron chi connectivity index (χ2n) is 3.72. The van der Waals surface area contributed by atoms with Crippen molar-refractivity contribution in [2.75, 3.05) is 0 Å². The summed E-state index contributed by atoms with van der Waals surface area (Å²) in [6, 6.07) is 7.47. The first-order valence-corrected chi connectivity index (χ1v) is 6.89. The maximum absolute atomic E-state index is 9.02. The lowest BCUT2D eigenvalue weighted by molar-refractivity contribution is 0.280. The van der Waals surface area contributed by atoms with Gasteiger partial charge >= 0.3 is 0 Å². The van der Waals surface area contributed by atoms with E-state index in [0.29, 0.717) is 6.61 Å². The quantitative estimate of drug-likeness (QED) is 0.890. The first-order valence-electron chi connectivity index (χ1n) is 5.30. The Labute approximate surface area is 122 Å². The largest absolute Gasteiger partial charge is 0.488 e. The molecule has 1 aromatic heterocycles. The van der Waals surface area contributed by atoms with E-state index in [2.05, 4.69) is 36.8 Å². The number of aliphatic hydroxyl groups is 1. The van der Waals surface area contributed by atoms with Crippen molar-refractivity contribution in [2.24, 2.45) is 0 Å². The third-order valence-corrected chi connectivity index (χ3v) is 3.39. The van der Waals surface area contributed by atoms with Crippen molar-refractivity contribution < 1.29 is 9.84 Å². The zero-order valence-corrected chi connectivity index (χ0v) is 12.6. The molecule has 0 radical (unpaired) electrons. The zero-order chi connectivity index (χ0) is 13.0. The maximum Gasteiger partial charge on any atom is 0.134 e. The van der Waals surface area contributed by atoms with Gasteiger partial charge in [0.2, 0.25) is 0 Å². The van der Waals surface area contributed by atoms with Crippen LogP contribution in [-0.4, -0.2) is 10.1 Å². The van der Waals surface area contributed by atoms with E-state index in [0.717, 1.165) is 25.8 Å². The van der Waals surface area contributed by atoms with Gasteiger partial charge in [0.15, 0.2) is 0 Å².